The molecule has 1 aromatic carbocycles. The highest BCUT2D eigenvalue weighted by Gasteiger charge is 2.14. The summed E-state index contributed by atoms with van der Waals surface area (Å²) in [6.07, 6.45) is 0. The maximum Gasteiger partial charge on any atom is 0.104 e. The summed E-state index contributed by atoms with van der Waals surface area (Å²) in [6.45, 7) is 4.05. The second-order valence-electron chi connectivity index (χ2n) is 4.02. The van der Waals surface area contributed by atoms with Crippen LogP contribution in [0.1, 0.15) is 16.8 Å². The van der Waals surface area contributed by atoms with E-state index in [0.29, 0.717) is 0 Å². The van der Waals surface area contributed by atoms with Crippen molar-refractivity contribution in [2.45, 2.75) is 30.4 Å². The van der Waals surface area contributed by atoms with Gasteiger partial charge in [0.25, 0.3) is 0 Å². The number of aryl methyl sites for hydroxylation is 3. The van der Waals surface area contributed by atoms with Gasteiger partial charge in [-0.15, -0.1) is 0 Å². The lowest BCUT2D eigenvalue weighted by atomic mass is 10.2. The van der Waals surface area contributed by atoms with Crippen LogP contribution >= 0.6 is 11.8 Å². The number of nitrogens with zero attached hydrogens (tertiary/aromatic N) is 2. The Morgan fingerprint density at radius 1 is 1.29 bits per heavy atom. The van der Waals surface area contributed by atoms with E-state index in [2.05, 4.69) is 24.2 Å². The van der Waals surface area contributed by atoms with E-state index < -0.39 is 0 Å². The first-order chi connectivity index (χ1) is 8.13. The Morgan fingerprint density at radius 2 is 2.00 bits per heavy atom. The first-order valence-electron chi connectivity index (χ1n) is 5.50. The third-order valence-electron chi connectivity index (χ3n) is 2.75. The Hall–Kier alpha value is -1.26. The number of aliphatic hydroxyl groups excluding tert-OH is 1. The molecule has 0 radical (unpaired) electrons. The number of hydrogen-bond acceptors (Lipinski definition) is 3. The van der Waals surface area contributed by atoms with E-state index in [9.17, 15) is 5.11 Å². The fourth-order valence-corrected chi connectivity index (χ4v) is 2.86. The average Bonchev–Trinajstić information content (AvgIpc) is 2.56. The predicted octanol–water partition coefficient (Wildman–Crippen LogP) is 2.68. The molecular formula is C13H16N2OS. The van der Waals surface area contributed by atoms with Crippen molar-refractivity contribution in [1.82, 2.24) is 9.78 Å². The van der Waals surface area contributed by atoms with Crippen LogP contribution in [0.4, 0.5) is 0 Å². The molecule has 0 bridgehead atoms. The van der Waals surface area contributed by atoms with Crippen LogP contribution in [-0.4, -0.2) is 14.9 Å². The van der Waals surface area contributed by atoms with Gasteiger partial charge in [0.05, 0.1) is 12.3 Å². The van der Waals surface area contributed by atoms with Gasteiger partial charge in [0.15, 0.2) is 0 Å². The van der Waals surface area contributed by atoms with Gasteiger partial charge in [-0.25, -0.2) is 0 Å². The average molecular weight is 248 g/mol. The smallest absolute Gasteiger partial charge is 0.104 e. The molecule has 0 aliphatic heterocycles. The zero-order chi connectivity index (χ0) is 12.4. The minimum absolute atomic E-state index is 0.0356. The van der Waals surface area contributed by atoms with Crippen molar-refractivity contribution >= 4 is 11.8 Å². The minimum Gasteiger partial charge on any atom is -0.392 e. The van der Waals surface area contributed by atoms with Gasteiger partial charge in [0, 0.05) is 17.5 Å². The van der Waals surface area contributed by atoms with E-state index in [0.717, 1.165) is 16.3 Å². The standard InChI is InChI=1S/C13H16N2OS/c1-9-6-4-5-7-12(9)17-13-11(8-16)10(2)14-15(13)3/h4-7,16H,8H2,1-3H3. The molecule has 0 spiro atoms. The number of hydrogen-bond donors (Lipinski definition) is 1. The predicted molar refractivity (Wildman–Crippen MR) is 69.2 cm³/mol. The summed E-state index contributed by atoms with van der Waals surface area (Å²) in [4.78, 5) is 1.20. The highest BCUT2D eigenvalue weighted by Crippen LogP contribution is 2.33. The van der Waals surface area contributed by atoms with Crippen molar-refractivity contribution < 1.29 is 5.11 Å². The molecule has 90 valence electrons. The zero-order valence-electron chi connectivity index (χ0n) is 10.3. The van der Waals surface area contributed by atoms with Gasteiger partial charge >= 0.3 is 0 Å². The Kier molecular flexibility index (Phi) is 3.54. The molecule has 1 heterocycles. The first kappa shape index (κ1) is 12.2. The van der Waals surface area contributed by atoms with Crippen LogP contribution in [0.3, 0.4) is 0 Å². The normalized spacial score (nSPS) is 10.8. The van der Waals surface area contributed by atoms with E-state index in [1.165, 1.54) is 10.5 Å². The van der Waals surface area contributed by atoms with E-state index in [1.54, 1.807) is 11.8 Å². The fraction of sp³-hybridized carbons (Fsp3) is 0.308. The van der Waals surface area contributed by atoms with Gasteiger partial charge in [-0.2, -0.15) is 5.10 Å². The maximum absolute atomic E-state index is 9.39. The van der Waals surface area contributed by atoms with Gasteiger partial charge in [-0.3, -0.25) is 4.68 Å². The van der Waals surface area contributed by atoms with Crippen LogP contribution in [0.15, 0.2) is 34.2 Å². The molecule has 2 rings (SSSR count). The van der Waals surface area contributed by atoms with Crippen molar-refractivity contribution in [2.24, 2.45) is 7.05 Å². The van der Waals surface area contributed by atoms with E-state index in [4.69, 9.17) is 0 Å². The van der Waals surface area contributed by atoms with E-state index in [-0.39, 0.29) is 6.61 Å². The molecule has 1 aromatic heterocycles. The molecular weight excluding hydrogens is 232 g/mol. The van der Waals surface area contributed by atoms with E-state index in [1.807, 2.05) is 30.8 Å². The van der Waals surface area contributed by atoms with Crippen LogP contribution in [0, 0.1) is 13.8 Å². The van der Waals surface area contributed by atoms with Gasteiger partial charge in [0.1, 0.15) is 5.03 Å². The third kappa shape index (κ3) is 2.37. The molecule has 0 aliphatic carbocycles. The second-order valence-corrected chi connectivity index (χ2v) is 5.05. The number of benzene rings is 1. The van der Waals surface area contributed by atoms with Gasteiger partial charge in [-0.1, -0.05) is 30.0 Å². The molecule has 3 nitrogen and oxygen atoms in total. The third-order valence-corrected chi connectivity index (χ3v) is 4.13. The molecule has 17 heavy (non-hydrogen) atoms. The SMILES string of the molecule is Cc1ccccc1Sc1c(CO)c(C)nn1C. The summed E-state index contributed by atoms with van der Waals surface area (Å²) >= 11 is 1.65. The molecule has 2 aromatic rings. The molecule has 0 saturated heterocycles. The molecule has 0 unspecified atom stereocenters. The molecule has 0 aliphatic rings. The van der Waals surface area contributed by atoms with E-state index >= 15 is 0 Å². The van der Waals surface area contributed by atoms with Crippen molar-refractivity contribution in [3.63, 3.8) is 0 Å². The number of rotatable bonds is 3. The van der Waals surface area contributed by atoms with Crippen LogP contribution in [0.2, 0.25) is 0 Å². The highest BCUT2D eigenvalue weighted by atomic mass is 32.2. The summed E-state index contributed by atoms with van der Waals surface area (Å²) in [6, 6.07) is 8.23. The lowest BCUT2D eigenvalue weighted by molar-refractivity contribution is 0.277. The molecule has 0 fully saturated rings. The van der Waals surface area contributed by atoms with Crippen LogP contribution in [-0.2, 0) is 13.7 Å². The van der Waals surface area contributed by atoms with Crippen molar-refractivity contribution in [1.29, 1.82) is 0 Å². The van der Waals surface area contributed by atoms with Crippen molar-refractivity contribution in [3.8, 4) is 0 Å². The molecule has 4 heteroatoms. The topological polar surface area (TPSA) is 38.1 Å². The molecule has 1 N–H and O–H groups in total. The lowest BCUT2D eigenvalue weighted by Gasteiger charge is -2.07. The van der Waals surface area contributed by atoms with Gasteiger partial charge in [-0.05, 0) is 25.5 Å². The van der Waals surface area contributed by atoms with Gasteiger partial charge in [0.2, 0.25) is 0 Å². The van der Waals surface area contributed by atoms with Crippen LogP contribution < -0.4 is 0 Å². The summed E-state index contributed by atoms with van der Waals surface area (Å²) in [5, 5.41) is 14.8. The zero-order valence-corrected chi connectivity index (χ0v) is 11.1. The Morgan fingerprint density at radius 3 is 2.65 bits per heavy atom. The number of aromatic nitrogens is 2. The Bertz CT molecular complexity index is 534. The highest BCUT2D eigenvalue weighted by molar-refractivity contribution is 7.99. The Balaban J connectivity index is 2.40. The largest absolute Gasteiger partial charge is 0.392 e. The minimum atomic E-state index is 0.0356. The summed E-state index contributed by atoms with van der Waals surface area (Å²) in [5.41, 5.74) is 3.05. The summed E-state index contributed by atoms with van der Waals surface area (Å²) < 4.78 is 1.83. The lowest BCUT2D eigenvalue weighted by Crippen LogP contribution is -1.94. The summed E-state index contributed by atoms with van der Waals surface area (Å²) in [7, 11) is 1.91. The van der Waals surface area contributed by atoms with Crippen LogP contribution in [0.25, 0.3) is 0 Å². The second kappa shape index (κ2) is 4.94. The maximum atomic E-state index is 9.39. The monoisotopic (exact) mass is 248 g/mol. The van der Waals surface area contributed by atoms with Crippen molar-refractivity contribution in [2.75, 3.05) is 0 Å². The Labute approximate surface area is 105 Å². The quantitative estimate of drug-likeness (QED) is 0.907. The van der Waals surface area contributed by atoms with Crippen molar-refractivity contribution in [3.05, 3.63) is 41.1 Å². The van der Waals surface area contributed by atoms with Crippen LogP contribution in [0.5, 0.6) is 0 Å². The molecule has 0 amide bonds. The molecule has 0 saturated carbocycles. The summed E-state index contributed by atoms with van der Waals surface area (Å²) in [5.74, 6) is 0. The number of aliphatic hydroxyl groups is 1. The molecule has 0 atom stereocenters. The first-order valence-corrected chi connectivity index (χ1v) is 6.32. The fourth-order valence-electron chi connectivity index (χ4n) is 1.77. The van der Waals surface area contributed by atoms with Gasteiger partial charge < -0.3 is 5.11 Å².